The van der Waals surface area contributed by atoms with Crippen LogP contribution in [0.4, 0.5) is 5.69 Å². The molecule has 2 N–H and O–H groups in total. The van der Waals surface area contributed by atoms with Crippen molar-refractivity contribution in [3.05, 3.63) is 62.7 Å². The molecule has 0 radical (unpaired) electrons. The second-order valence-corrected chi connectivity index (χ2v) is 5.19. The number of hydrogen-bond acceptors (Lipinski definition) is 4. The van der Waals surface area contributed by atoms with E-state index < -0.39 is 4.92 Å². The fourth-order valence-electron chi connectivity index (χ4n) is 1.81. The summed E-state index contributed by atoms with van der Waals surface area (Å²) in [7, 11) is 0. The first-order valence-corrected chi connectivity index (χ1v) is 6.74. The molecule has 0 aliphatic carbocycles. The van der Waals surface area contributed by atoms with Crippen molar-refractivity contribution in [1.29, 1.82) is 0 Å². The minimum absolute atomic E-state index is 0.0288. The van der Waals surface area contributed by atoms with Gasteiger partial charge in [0.15, 0.2) is 0 Å². The first kappa shape index (κ1) is 15.3. The predicted octanol–water partition coefficient (Wildman–Crippen LogP) is 4.37. The van der Waals surface area contributed by atoms with Crippen molar-refractivity contribution in [1.82, 2.24) is 0 Å². The summed E-state index contributed by atoms with van der Waals surface area (Å²) < 4.78 is 5.69. The molecule has 110 valence electrons. The van der Waals surface area contributed by atoms with Crippen molar-refractivity contribution in [3.63, 3.8) is 0 Å². The van der Waals surface area contributed by atoms with E-state index in [1.807, 2.05) is 19.9 Å². The summed E-state index contributed by atoms with van der Waals surface area (Å²) in [6.45, 7) is 3.67. The second kappa shape index (κ2) is 6.11. The molecule has 0 saturated carbocycles. The van der Waals surface area contributed by atoms with Crippen LogP contribution in [0.25, 0.3) is 0 Å². The first-order chi connectivity index (χ1) is 9.88. The Balaban J connectivity index is 2.34. The molecular weight excluding hydrogens is 292 g/mol. The number of nitrogens with two attached hydrogens (primary N) is 1. The van der Waals surface area contributed by atoms with Gasteiger partial charge in [0.25, 0.3) is 5.69 Å². The monoisotopic (exact) mass is 306 g/mol. The van der Waals surface area contributed by atoms with Gasteiger partial charge in [-0.1, -0.05) is 17.7 Å². The molecule has 0 aliphatic heterocycles. The Morgan fingerprint density at radius 1 is 1.24 bits per heavy atom. The maximum atomic E-state index is 10.8. The third-order valence-corrected chi connectivity index (χ3v) is 3.38. The maximum Gasteiger partial charge on any atom is 0.273 e. The van der Waals surface area contributed by atoms with E-state index in [1.54, 1.807) is 18.2 Å². The SMILES string of the molecule is Cc1ccc([N+](=O)[O-])cc1Oc1ccc([C@@H](C)N)cc1Cl. The summed E-state index contributed by atoms with van der Waals surface area (Å²) in [6, 6.07) is 9.58. The molecule has 6 heteroatoms. The second-order valence-electron chi connectivity index (χ2n) is 4.79. The summed E-state index contributed by atoms with van der Waals surface area (Å²) in [6.07, 6.45) is 0. The van der Waals surface area contributed by atoms with Gasteiger partial charge in [-0.15, -0.1) is 0 Å². The van der Waals surface area contributed by atoms with Gasteiger partial charge in [0.05, 0.1) is 16.0 Å². The molecule has 0 aliphatic rings. The van der Waals surface area contributed by atoms with Gasteiger partial charge in [0, 0.05) is 12.1 Å². The molecule has 0 heterocycles. The van der Waals surface area contributed by atoms with Gasteiger partial charge in [-0.05, 0) is 43.2 Å². The van der Waals surface area contributed by atoms with Crippen molar-refractivity contribution in [3.8, 4) is 11.5 Å². The van der Waals surface area contributed by atoms with E-state index in [0.29, 0.717) is 16.5 Å². The molecule has 0 unspecified atom stereocenters. The molecule has 5 nitrogen and oxygen atoms in total. The van der Waals surface area contributed by atoms with Crippen molar-refractivity contribution in [2.45, 2.75) is 19.9 Å². The molecule has 0 fully saturated rings. The third kappa shape index (κ3) is 3.51. The lowest BCUT2D eigenvalue weighted by molar-refractivity contribution is -0.384. The number of nitrogens with zero attached hydrogens (tertiary/aromatic N) is 1. The minimum atomic E-state index is -0.465. The smallest absolute Gasteiger partial charge is 0.273 e. The van der Waals surface area contributed by atoms with Gasteiger partial charge in [-0.2, -0.15) is 0 Å². The van der Waals surface area contributed by atoms with Gasteiger partial charge in [0.2, 0.25) is 0 Å². The number of nitro benzene ring substituents is 1. The molecule has 2 aromatic carbocycles. The van der Waals surface area contributed by atoms with Crippen molar-refractivity contribution in [2.75, 3.05) is 0 Å². The van der Waals surface area contributed by atoms with Gasteiger partial charge in [-0.25, -0.2) is 0 Å². The molecule has 0 saturated heterocycles. The van der Waals surface area contributed by atoms with Gasteiger partial charge in [-0.3, -0.25) is 10.1 Å². The lowest BCUT2D eigenvalue weighted by atomic mass is 10.1. The summed E-state index contributed by atoms with van der Waals surface area (Å²) in [5.74, 6) is 0.837. The largest absolute Gasteiger partial charge is 0.455 e. The highest BCUT2D eigenvalue weighted by molar-refractivity contribution is 6.32. The molecule has 2 aromatic rings. The van der Waals surface area contributed by atoms with E-state index in [2.05, 4.69) is 0 Å². The lowest BCUT2D eigenvalue weighted by Gasteiger charge is -2.12. The average Bonchev–Trinajstić information content (AvgIpc) is 2.42. The zero-order chi connectivity index (χ0) is 15.6. The maximum absolute atomic E-state index is 10.8. The molecule has 0 bridgehead atoms. The van der Waals surface area contributed by atoms with Crippen LogP contribution < -0.4 is 10.5 Å². The zero-order valence-electron chi connectivity index (χ0n) is 11.7. The molecular formula is C15H15ClN2O3. The van der Waals surface area contributed by atoms with Crippen LogP contribution in [0, 0.1) is 17.0 Å². The Morgan fingerprint density at radius 3 is 2.52 bits per heavy atom. The van der Waals surface area contributed by atoms with Crippen LogP contribution in [0.2, 0.25) is 5.02 Å². The standard InChI is InChI=1S/C15H15ClN2O3/c1-9-3-5-12(18(19)20)8-15(9)21-14-6-4-11(10(2)17)7-13(14)16/h3-8,10H,17H2,1-2H3/t10-/m1/s1. The van der Waals surface area contributed by atoms with Crippen LogP contribution in [-0.2, 0) is 0 Å². The lowest BCUT2D eigenvalue weighted by Crippen LogP contribution is -2.04. The Labute approximate surface area is 127 Å². The van der Waals surface area contributed by atoms with Gasteiger partial charge < -0.3 is 10.5 Å². The molecule has 0 aromatic heterocycles. The van der Waals surface area contributed by atoms with E-state index in [9.17, 15) is 10.1 Å². The Morgan fingerprint density at radius 2 is 1.95 bits per heavy atom. The van der Waals surface area contributed by atoms with E-state index >= 15 is 0 Å². The number of rotatable bonds is 4. The topological polar surface area (TPSA) is 78.4 Å². The number of nitro groups is 1. The van der Waals surface area contributed by atoms with Crippen LogP contribution in [0.15, 0.2) is 36.4 Å². The van der Waals surface area contributed by atoms with Gasteiger partial charge >= 0.3 is 0 Å². The highest BCUT2D eigenvalue weighted by atomic mass is 35.5. The Kier molecular flexibility index (Phi) is 4.45. The Hall–Kier alpha value is -2.11. The predicted molar refractivity (Wildman–Crippen MR) is 82.0 cm³/mol. The van der Waals surface area contributed by atoms with E-state index in [4.69, 9.17) is 22.1 Å². The number of non-ortho nitro benzene ring substituents is 1. The van der Waals surface area contributed by atoms with Crippen LogP contribution in [0.1, 0.15) is 24.1 Å². The van der Waals surface area contributed by atoms with Crippen molar-refractivity contribution >= 4 is 17.3 Å². The number of halogens is 1. The van der Waals surface area contributed by atoms with Crippen molar-refractivity contribution < 1.29 is 9.66 Å². The van der Waals surface area contributed by atoms with Crippen molar-refractivity contribution in [2.24, 2.45) is 5.73 Å². The van der Waals surface area contributed by atoms with E-state index in [1.165, 1.54) is 12.1 Å². The normalized spacial score (nSPS) is 12.0. The highest BCUT2D eigenvalue weighted by Crippen LogP contribution is 2.34. The average molecular weight is 307 g/mol. The number of benzene rings is 2. The fraction of sp³-hybridized carbons (Fsp3) is 0.200. The number of ether oxygens (including phenoxy) is 1. The highest BCUT2D eigenvalue weighted by Gasteiger charge is 2.12. The molecule has 21 heavy (non-hydrogen) atoms. The fourth-order valence-corrected chi connectivity index (χ4v) is 2.04. The quantitative estimate of drug-likeness (QED) is 0.672. The Bertz CT molecular complexity index is 687. The summed E-state index contributed by atoms with van der Waals surface area (Å²) in [4.78, 5) is 10.3. The summed E-state index contributed by atoms with van der Waals surface area (Å²) >= 11 is 6.16. The van der Waals surface area contributed by atoms with E-state index in [-0.39, 0.29) is 11.7 Å². The molecule has 0 spiro atoms. The molecule has 1 atom stereocenters. The van der Waals surface area contributed by atoms with Crippen LogP contribution in [-0.4, -0.2) is 4.92 Å². The van der Waals surface area contributed by atoms with Gasteiger partial charge in [0.1, 0.15) is 11.5 Å². The number of hydrogen-bond donors (Lipinski definition) is 1. The summed E-state index contributed by atoms with van der Waals surface area (Å²) in [5, 5.41) is 11.2. The third-order valence-electron chi connectivity index (χ3n) is 3.08. The van der Waals surface area contributed by atoms with Crippen LogP contribution >= 0.6 is 11.6 Å². The van der Waals surface area contributed by atoms with Crippen LogP contribution in [0.5, 0.6) is 11.5 Å². The van der Waals surface area contributed by atoms with Crippen LogP contribution in [0.3, 0.4) is 0 Å². The summed E-state index contributed by atoms with van der Waals surface area (Å²) in [5.41, 5.74) is 7.44. The minimum Gasteiger partial charge on any atom is -0.455 e. The van der Waals surface area contributed by atoms with E-state index in [0.717, 1.165) is 11.1 Å². The zero-order valence-corrected chi connectivity index (χ0v) is 12.4. The number of aryl methyl sites for hydroxylation is 1. The molecule has 2 rings (SSSR count). The molecule has 0 amide bonds. The first-order valence-electron chi connectivity index (χ1n) is 6.36.